The van der Waals surface area contributed by atoms with Crippen LogP contribution >= 0.6 is 0 Å². The van der Waals surface area contributed by atoms with Crippen molar-refractivity contribution < 1.29 is 5.11 Å². The summed E-state index contributed by atoms with van der Waals surface area (Å²) in [5.41, 5.74) is 2.73. The van der Waals surface area contributed by atoms with Gasteiger partial charge in [-0.05, 0) is 51.3 Å². The third-order valence-electron chi connectivity index (χ3n) is 4.68. The first kappa shape index (κ1) is 20.0. The molecule has 26 heavy (non-hydrogen) atoms. The monoisotopic (exact) mass is 349 g/mol. The van der Waals surface area contributed by atoms with E-state index in [9.17, 15) is 5.11 Å². The summed E-state index contributed by atoms with van der Waals surface area (Å²) in [6.07, 6.45) is 5.35. The van der Waals surface area contributed by atoms with Gasteiger partial charge in [-0.3, -0.25) is 0 Å². The highest BCUT2D eigenvalue weighted by Crippen LogP contribution is 2.30. The first-order chi connectivity index (χ1) is 12.4. The van der Waals surface area contributed by atoms with Crippen LogP contribution in [0.2, 0.25) is 0 Å². The average Bonchev–Trinajstić information content (AvgIpc) is 2.62. The maximum Gasteiger partial charge on any atom is 0.0859 e. The van der Waals surface area contributed by atoms with Gasteiger partial charge in [-0.15, -0.1) is 6.58 Å². The average molecular weight is 350 g/mol. The van der Waals surface area contributed by atoms with Gasteiger partial charge in [0.2, 0.25) is 0 Å². The Morgan fingerprint density at radius 1 is 1.08 bits per heavy atom. The molecule has 0 aliphatic carbocycles. The molecular weight excluding hydrogens is 318 g/mol. The third-order valence-corrected chi connectivity index (χ3v) is 4.68. The van der Waals surface area contributed by atoms with Crippen molar-refractivity contribution in [3.63, 3.8) is 0 Å². The van der Waals surface area contributed by atoms with Crippen LogP contribution in [-0.2, 0) is 6.54 Å². The summed E-state index contributed by atoms with van der Waals surface area (Å²) in [5, 5.41) is 11.3. The van der Waals surface area contributed by atoms with Crippen LogP contribution in [0.15, 0.2) is 85.0 Å². The van der Waals surface area contributed by atoms with Gasteiger partial charge in [-0.1, -0.05) is 66.3 Å². The Balaban J connectivity index is 2.45. The summed E-state index contributed by atoms with van der Waals surface area (Å²) < 4.78 is 0. The maximum absolute atomic E-state index is 11.3. The van der Waals surface area contributed by atoms with Crippen LogP contribution < -0.4 is 4.90 Å². The van der Waals surface area contributed by atoms with E-state index >= 15 is 0 Å². The normalized spacial score (nSPS) is 14.2. The maximum atomic E-state index is 11.3. The van der Waals surface area contributed by atoms with E-state index in [0.717, 1.165) is 18.7 Å². The number of allylic oxidation sites excluding steroid dienone is 1. The number of aliphatic hydroxyl groups is 1. The van der Waals surface area contributed by atoms with E-state index in [1.54, 1.807) is 6.08 Å². The minimum Gasteiger partial charge on any atom is -0.388 e. The summed E-state index contributed by atoms with van der Waals surface area (Å²) in [4.78, 5) is 2.32. The van der Waals surface area contributed by atoms with Crippen molar-refractivity contribution in [1.29, 1.82) is 0 Å². The fourth-order valence-electron chi connectivity index (χ4n) is 3.27. The minimum absolute atomic E-state index is 0.0574. The van der Waals surface area contributed by atoms with Gasteiger partial charge in [-0.25, -0.2) is 0 Å². The lowest BCUT2D eigenvalue weighted by Crippen LogP contribution is -2.50. The van der Waals surface area contributed by atoms with Crippen LogP contribution in [0.1, 0.15) is 39.2 Å². The Morgan fingerprint density at radius 3 is 2.19 bits per heavy atom. The first-order valence-corrected chi connectivity index (χ1v) is 9.26. The molecule has 0 bridgehead atoms. The van der Waals surface area contributed by atoms with Gasteiger partial charge in [0.15, 0.2) is 0 Å². The largest absolute Gasteiger partial charge is 0.388 e. The summed E-state index contributed by atoms with van der Waals surface area (Å²) >= 11 is 0. The number of para-hydroxylation sites is 1. The summed E-state index contributed by atoms with van der Waals surface area (Å²) in [5.74, 6) is 0. The van der Waals surface area contributed by atoms with E-state index in [1.807, 2.05) is 31.2 Å². The molecule has 0 aliphatic rings. The Hall–Kier alpha value is -2.32. The quantitative estimate of drug-likeness (QED) is 0.583. The lowest BCUT2D eigenvalue weighted by Gasteiger charge is -2.42. The molecule has 2 rings (SSSR count). The van der Waals surface area contributed by atoms with Crippen LogP contribution in [0.5, 0.6) is 0 Å². The molecule has 138 valence electrons. The van der Waals surface area contributed by atoms with Crippen molar-refractivity contribution in [2.75, 3.05) is 4.90 Å². The summed E-state index contributed by atoms with van der Waals surface area (Å²) in [7, 11) is 0. The molecule has 0 heterocycles. The second kappa shape index (κ2) is 9.40. The highest BCUT2D eigenvalue weighted by atomic mass is 16.3. The van der Waals surface area contributed by atoms with Gasteiger partial charge < -0.3 is 10.0 Å². The number of rotatable bonds is 9. The van der Waals surface area contributed by atoms with E-state index in [2.05, 4.69) is 67.8 Å². The standard InChI is InChI=1S/C24H31NO/c1-5-18-24(4,26)23(17-16-20(2)3)25(22-14-10-7-11-15-22)19-21-12-8-6-9-13-21/h5-16,23,26H,1,17-19H2,2-4H3/t23-,24+/m1/s1. The Labute approximate surface area is 158 Å². The Morgan fingerprint density at radius 2 is 1.65 bits per heavy atom. The van der Waals surface area contributed by atoms with Gasteiger partial charge in [0.05, 0.1) is 11.6 Å². The van der Waals surface area contributed by atoms with E-state index < -0.39 is 5.60 Å². The zero-order chi connectivity index (χ0) is 19.0. The van der Waals surface area contributed by atoms with Crippen molar-refractivity contribution >= 4 is 5.69 Å². The lowest BCUT2D eigenvalue weighted by atomic mass is 9.87. The third kappa shape index (κ3) is 5.60. The second-order valence-electron chi connectivity index (χ2n) is 7.33. The molecule has 0 radical (unpaired) electrons. The van der Waals surface area contributed by atoms with Crippen LogP contribution in [0, 0.1) is 0 Å². The van der Waals surface area contributed by atoms with Crippen molar-refractivity contribution in [2.45, 2.75) is 51.8 Å². The predicted octanol–water partition coefficient (Wildman–Crippen LogP) is 5.75. The SMILES string of the molecule is C=CC[C@](C)(O)[C@@H](CC=C(C)C)N(Cc1ccccc1)c1ccccc1. The van der Waals surface area contributed by atoms with Crippen LogP contribution in [0.3, 0.4) is 0 Å². The molecule has 0 fully saturated rings. The van der Waals surface area contributed by atoms with Gasteiger partial charge in [-0.2, -0.15) is 0 Å². The topological polar surface area (TPSA) is 23.5 Å². The number of hydrogen-bond acceptors (Lipinski definition) is 2. The van der Waals surface area contributed by atoms with Crippen molar-refractivity contribution in [2.24, 2.45) is 0 Å². The van der Waals surface area contributed by atoms with E-state index in [4.69, 9.17) is 0 Å². The van der Waals surface area contributed by atoms with Crippen molar-refractivity contribution in [3.8, 4) is 0 Å². The minimum atomic E-state index is -0.877. The molecule has 2 heteroatoms. The molecule has 2 nitrogen and oxygen atoms in total. The highest BCUT2D eigenvalue weighted by molar-refractivity contribution is 5.49. The number of nitrogens with zero attached hydrogens (tertiary/aromatic N) is 1. The molecule has 0 aromatic heterocycles. The van der Waals surface area contributed by atoms with Crippen molar-refractivity contribution in [1.82, 2.24) is 0 Å². The second-order valence-corrected chi connectivity index (χ2v) is 7.33. The molecule has 0 saturated carbocycles. The zero-order valence-electron chi connectivity index (χ0n) is 16.2. The molecule has 2 aromatic carbocycles. The van der Waals surface area contributed by atoms with E-state index in [1.165, 1.54) is 11.1 Å². The number of anilines is 1. The fourth-order valence-corrected chi connectivity index (χ4v) is 3.27. The van der Waals surface area contributed by atoms with Crippen LogP contribution in [0.25, 0.3) is 0 Å². The smallest absolute Gasteiger partial charge is 0.0859 e. The van der Waals surface area contributed by atoms with Crippen molar-refractivity contribution in [3.05, 3.63) is 90.5 Å². The van der Waals surface area contributed by atoms with Gasteiger partial charge in [0, 0.05) is 12.2 Å². The van der Waals surface area contributed by atoms with E-state index in [0.29, 0.717) is 6.42 Å². The van der Waals surface area contributed by atoms with E-state index in [-0.39, 0.29) is 6.04 Å². The number of benzene rings is 2. The molecule has 0 aliphatic heterocycles. The Bertz CT molecular complexity index is 700. The predicted molar refractivity (Wildman–Crippen MR) is 112 cm³/mol. The molecule has 0 spiro atoms. The fraction of sp³-hybridized carbons (Fsp3) is 0.333. The molecule has 1 N–H and O–H groups in total. The van der Waals surface area contributed by atoms with Crippen LogP contribution in [-0.4, -0.2) is 16.7 Å². The highest BCUT2D eigenvalue weighted by Gasteiger charge is 2.35. The van der Waals surface area contributed by atoms with Gasteiger partial charge in [0.25, 0.3) is 0 Å². The Kier molecular flexibility index (Phi) is 7.23. The van der Waals surface area contributed by atoms with Crippen LogP contribution in [0.4, 0.5) is 5.69 Å². The molecular formula is C24H31NO. The molecule has 2 atom stereocenters. The van der Waals surface area contributed by atoms with Gasteiger partial charge in [0.1, 0.15) is 0 Å². The summed E-state index contributed by atoms with van der Waals surface area (Å²) in [6.45, 7) is 10.7. The van der Waals surface area contributed by atoms with Gasteiger partial charge >= 0.3 is 0 Å². The molecule has 0 unspecified atom stereocenters. The zero-order valence-corrected chi connectivity index (χ0v) is 16.2. The molecule has 0 amide bonds. The molecule has 0 saturated heterocycles. The summed E-state index contributed by atoms with van der Waals surface area (Å²) in [6, 6.07) is 20.7. The first-order valence-electron chi connectivity index (χ1n) is 9.26. The lowest BCUT2D eigenvalue weighted by molar-refractivity contribution is 0.0328. The molecule has 2 aromatic rings. The number of hydrogen-bond donors (Lipinski definition) is 1.